The average molecular weight is 184 g/mol. The molecule has 1 heterocycles. The van der Waals surface area contributed by atoms with Crippen LogP contribution in [0, 0.1) is 5.92 Å². The van der Waals surface area contributed by atoms with Crippen LogP contribution in [0.4, 0.5) is 0 Å². The SMILES string of the molecule is CCC(C)(N)CN1CC(C)CC1C. The quantitative estimate of drug-likeness (QED) is 0.725. The van der Waals surface area contributed by atoms with E-state index in [0.29, 0.717) is 0 Å². The van der Waals surface area contributed by atoms with Crippen LogP contribution in [-0.2, 0) is 0 Å². The number of hydrogen-bond donors (Lipinski definition) is 1. The van der Waals surface area contributed by atoms with Gasteiger partial charge in [0.05, 0.1) is 0 Å². The fraction of sp³-hybridized carbons (Fsp3) is 1.00. The number of rotatable bonds is 3. The Labute approximate surface area is 82.5 Å². The van der Waals surface area contributed by atoms with Crippen molar-refractivity contribution in [1.29, 1.82) is 0 Å². The molecule has 3 unspecified atom stereocenters. The van der Waals surface area contributed by atoms with Crippen molar-refractivity contribution in [1.82, 2.24) is 4.90 Å². The second-order valence-corrected chi connectivity index (χ2v) is 5.13. The summed E-state index contributed by atoms with van der Waals surface area (Å²) in [4.78, 5) is 2.54. The number of likely N-dealkylation sites (tertiary alicyclic amines) is 1. The Balaban J connectivity index is 2.45. The molecule has 1 fully saturated rings. The van der Waals surface area contributed by atoms with E-state index in [-0.39, 0.29) is 5.54 Å². The largest absolute Gasteiger partial charge is 0.324 e. The molecule has 2 nitrogen and oxygen atoms in total. The van der Waals surface area contributed by atoms with Gasteiger partial charge in [0.15, 0.2) is 0 Å². The third-order valence-corrected chi connectivity index (χ3v) is 3.28. The molecular formula is C11H24N2. The zero-order valence-corrected chi connectivity index (χ0v) is 9.51. The molecule has 0 aliphatic carbocycles. The molecule has 2 N–H and O–H groups in total. The van der Waals surface area contributed by atoms with Gasteiger partial charge in [-0.3, -0.25) is 4.90 Å². The maximum absolute atomic E-state index is 6.16. The normalized spacial score (nSPS) is 34.8. The molecule has 2 heteroatoms. The summed E-state index contributed by atoms with van der Waals surface area (Å²) in [6.45, 7) is 11.3. The number of hydrogen-bond acceptors (Lipinski definition) is 2. The monoisotopic (exact) mass is 184 g/mol. The Kier molecular flexibility index (Phi) is 3.36. The summed E-state index contributed by atoms with van der Waals surface area (Å²) in [6, 6.07) is 0.726. The van der Waals surface area contributed by atoms with Crippen molar-refractivity contribution in [3.05, 3.63) is 0 Å². The smallest absolute Gasteiger partial charge is 0.0252 e. The van der Waals surface area contributed by atoms with E-state index in [0.717, 1.165) is 24.9 Å². The van der Waals surface area contributed by atoms with E-state index in [1.807, 2.05) is 0 Å². The first-order valence-corrected chi connectivity index (χ1v) is 5.47. The zero-order chi connectivity index (χ0) is 10.1. The van der Waals surface area contributed by atoms with Gasteiger partial charge in [-0.2, -0.15) is 0 Å². The van der Waals surface area contributed by atoms with Gasteiger partial charge in [-0.25, -0.2) is 0 Å². The second kappa shape index (κ2) is 3.97. The van der Waals surface area contributed by atoms with E-state index in [1.54, 1.807) is 0 Å². The lowest BCUT2D eigenvalue weighted by molar-refractivity contribution is 0.205. The van der Waals surface area contributed by atoms with Crippen molar-refractivity contribution in [2.24, 2.45) is 11.7 Å². The topological polar surface area (TPSA) is 29.3 Å². The Hall–Kier alpha value is -0.0800. The molecule has 0 radical (unpaired) electrons. The third kappa shape index (κ3) is 2.96. The van der Waals surface area contributed by atoms with Gasteiger partial charge < -0.3 is 5.73 Å². The highest BCUT2D eigenvalue weighted by Crippen LogP contribution is 2.24. The number of nitrogens with zero attached hydrogens (tertiary/aromatic N) is 1. The minimum absolute atomic E-state index is 0.00167. The standard InChI is InChI=1S/C11H24N2/c1-5-11(4,12)8-13-7-9(2)6-10(13)3/h9-10H,5-8,12H2,1-4H3. The molecule has 0 spiro atoms. The van der Waals surface area contributed by atoms with Crippen LogP contribution >= 0.6 is 0 Å². The summed E-state index contributed by atoms with van der Waals surface area (Å²) in [5, 5.41) is 0. The lowest BCUT2D eigenvalue weighted by Crippen LogP contribution is -2.48. The van der Waals surface area contributed by atoms with E-state index in [4.69, 9.17) is 5.73 Å². The molecule has 0 aromatic rings. The van der Waals surface area contributed by atoms with Crippen LogP contribution < -0.4 is 5.73 Å². The van der Waals surface area contributed by atoms with Crippen molar-refractivity contribution >= 4 is 0 Å². The van der Waals surface area contributed by atoms with Crippen LogP contribution in [0.15, 0.2) is 0 Å². The Morgan fingerprint density at radius 1 is 1.46 bits per heavy atom. The van der Waals surface area contributed by atoms with Gasteiger partial charge in [-0.1, -0.05) is 13.8 Å². The maximum Gasteiger partial charge on any atom is 0.0252 e. The van der Waals surface area contributed by atoms with Crippen molar-refractivity contribution in [3.63, 3.8) is 0 Å². The summed E-state index contributed by atoms with van der Waals surface area (Å²) < 4.78 is 0. The molecule has 0 amide bonds. The van der Waals surface area contributed by atoms with E-state index in [9.17, 15) is 0 Å². The van der Waals surface area contributed by atoms with E-state index in [2.05, 4.69) is 32.6 Å². The average Bonchev–Trinajstić information content (AvgIpc) is 2.30. The summed E-state index contributed by atoms with van der Waals surface area (Å²) in [7, 11) is 0. The van der Waals surface area contributed by atoms with Crippen LogP contribution in [0.1, 0.15) is 40.5 Å². The maximum atomic E-state index is 6.16. The first-order chi connectivity index (χ1) is 5.94. The fourth-order valence-electron chi connectivity index (χ4n) is 2.18. The Morgan fingerprint density at radius 2 is 2.08 bits per heavy atom. The molecule has 1 saturated heterocycles. The first kappa shape index (κ1) is 11.0. The lowest BCUT2D eigenvalue weighted by Gasteiger charge is -2.31. The van der Waals surface area contributed by atoms with E-state index < -0.39 is 0 Å². The van der Waals surface area contributed by atoms with Crippen molar-refractivity contribution in [2.45, 2.75) is 52.1 Å². The minimum atomic E-state index is -0.00167. The van der Waals surface area contributed by atoms with Crippen molar-refractivity contribution < 1.29 is 0 Å². The van der Waals surface area contributed by atoms with Crippen LogP contribution in [-0.4, -0.2) is 29.6 Å². The molecule has 0 bridgehead atoms. The summed E-state index contributed by atoms with van der Waals surface area (Å²) in [6.07, 6.45) is 2.39. The van der Waals surface area contributed by atoms with Gasteiger partial charge >= 0.3 is 0 Å². The van der Waals surface area contributed by atoms with Crippen LogP contribution in [0.25, 0.3) is 0 Å². The molecule has 0 aromatic carbocycles. The molecule has 13 heavy (non-hydrogen) atoms. The van der Waals surface area contributed by atoms with Crippen LogP contribution in [0.3, 0.4) is 0 Å². The molecular weight excluding hydrogens is 160 g/mol. The van der Waals surface area contributed by atoms with Crippen LogP contribution in [0.5, 0.6) is 0 Å². The van der Waals surface area contributed by atoms with Gasteiger partial charge in [0.25, 0.3) is 0 Å². The van der Waals surface area contributed by atoms with Gasteiger partial charge in [-0.15, -0.1) is 0 Å². The summed E-state index contributed by atoms with van der Waals surface area (Å²) in [5.74, 6) is 0.850. The van der Waals surface area contributed by atoms with Gasteiger partial charge in [-0.05, 0) is 32.6 Å². The highest BCUT2D eigenvalue weighted by molar-refractivity contribution is 4.88. The Morgan fingerprint density at radius 3 is 2.46 bits per heavy atom. The molecule has 0 aromatic heterocycles. The second-order valence-electron chi connectivity index (χ2n) is 5.13. The molecule has 3 atom stereocenters. The number of nitrogens with two attached hydrogens (primary N) is 1. The predicted molar refractivity (Wildman–Crippen MR) is 57.7 cm³/mol. The van der Waals surface area contributed by atoms with Gasteiger partial charge in [0.2, 0.25) is 0 Å². The fourth-order valence-corrected chi connectivity index (χ4v) is 2.18. The highest BCUT2D eigenvalue weighted by atomic mass is 15.2. The first-order valence-electron chi connectivity index (χ1n) is 5.47. The van der Waals surface area contributed by atoms with Crippen molar-refractivity contribution in [3.8, 4) is 0 Å². The van der Waals surface area contributed by atoms with Crippen LogP contribution in [0.2, 0.25) is 0 Å². The van der Waals surface area contributed by atoms with E-state index >= 15 is 0 Å². The minimum Gasteiger partial charge on any atom is -0.324 e. The molecule has 0 saturated carbocycles. The Bertz CT molecular complexity index is 165. The molecule has 1 aliphatic heterocycles. The molecule has 78 valence electrons. The van der Waals surface area contributed by atoms with Gasteiger partial charge in [0, 0.05) is 24.7 Å². The summed E-state index contributed by atoms with van der Waals surface area (Å²) in [5.41, 5.74) is 6.16. The van der Waals surface area contributed by atoms with Crippen molar-refractivity contribution in [2.75, 3.05) is 13.1 Å². The van der Waals surface area contributed by atoms with Gasteiger partial charge in [0.1, 0.15) is 0 Å². The molecule has 1 aliphatic rings. The highest BCUT2D eigenvalue weighted by Gasteiger charge is 2.30. The third-order valence-electron chi connectivity index (χ3n) is 3.28. The zero-order valence-electron chi connectivity index (χ0n) is 9.51. The predicted octanol–water partition coefficient (Wildman–Crippen LogP) is 1.84. The lowest BCUT2D eigenvalue weighted by atomic mass is 9.99. The molecule has 1 rings (SSSR count). The van der Waals surface area contributed by atoms with E-state index in [1.165, 1.54) is 13.0 Å². The summed E-state index contributed by atoms with van der Waals surface area (Å²) >= 11 is 0.